The second-order valence-electron chi connectivity index (χ2n) is 14.6. The van der Waals surface area contributed by atoms with E-state index in [0.29, 0.717) is 0 Å². The van der Waals surface area contributed by atoms with Crippen LogP contribution in [0.3, 0.4) is 0 Å². The van der Waals surface area contributed by atoms with Crippen LogP contribution < -0.4 is 4.90 Å². The lowest BCUT2D eigenvalue weighted by molar-refractivity contribution is 0.653. The van der Waals surface area contributed by atoms with E-state index in [2.05, 4.69) is 201 Å². The van der Waals surface area contributed by atoms with E-state index in [1.807, 2.05) is 6.07 Å². The zero-order valence-corrected chi connectivity index (χ0v) is 29.8. The first-order chi connectivity index (χ1) is 26.0. The van der Waals surface area contributed by atoms with Gasteiger partial charge in [0.05, 0.1) is 0 Å². The topological polar surface area (TPSA) is 16.4 Å². The van der Waals surface area contributed by atoms with Gasteiger partial charge >= 0.3 is 0 Å². The fourth-order valence-corrected chi connectivity index (χ4v) is 8.34. The normalized spacial score (nSPS) is 12.9. The molecule has 0 atom stereocenters. The molecule has 0 aliphatic heterocycles. The van der Waals surface area contributed by atoms with Gasteiger partial charge in [-0.2, -0.15) is 0 Å². The smallest absolute Gasteiger partial charge is 0.143 e. The number of furan rings is 1. The van der Waals surface area contributed by atoms with E-state index >= 15 is 0 Å². The molecule has 0 saturated carbocycles. The van der Waals surface area contributed by atoms with E-state index < -0.39 is 0 Å². The lowest BCUT2D eigenvalue weighted by Crippen LogP contribution is -2.16. The van der Waals surface area contributed by atoms with Gasteiger partial charge in [0.2, 0.25) is 0 Å². The number of rotatable bonds is 6. The van der Waals surface area contributed by atoms with Gasteiger partial charge in [-0.3, -0.25) is 0 Å². The number of nitrogens with zero attached hydrogens (tertiary/aromatic N) is 1. The first kappa shape index (κ1) is 31.1. The lowest BCUT2D eigenvalue weighted by Gasteiger charge is -2.29. The van der Waals surface area contributed by atoms with E-state index in [0.717, 1.165) is 33.6 Å². The maximum atomic E-state index is 6.61. The van der Waals surface area contributed by atoms with Crippen LogP contribution in [0.2, 0.25) is 0 Å². The number of para-hydroxylation sites is 1. The van der Waals surface area contributed by atoms with E-state index in [1.165, 1.54) is 61.0 Å². The number of hydrogen-bond acceptors (Lipinski definition) is 2. The quantitative estimate of drug-likeness (QED) is 0.174. The molecule has 1 aromatic heterocycles. The molecular weight excluding hydrogens is 643 g/mol. The van der Waals surface area contributed by atoms with Crippen LogP contribution in [0, 0.1) is 0 Å². The summed E-state index contributed by atoms with van der Waals surface area (Å²) >= 11 is 0. The molecule has 1 aliphatic rings. The highest BCUT2D eigenvalue weighted by Crippen LogP contribution is 2.54. The van der Waals surface area contributed by atoms with Gasteiger partial charge in [-0.1, -0.05) is 153 Å². The van der Waals surface area contributed by atoms with E-state index in [4.69, 9.17) is 4.42 Å². The molecule has 10 rings (SSSR count). The van der Waals surface area contributed by atoms with Gasteiger partial charge in [-0.15, -0.1) is 0 Å². The maximum Gasteiger partial charge on any atom is 0.143 e. The molecule has 0 fully saturated rings. The van der Waals surface area contributed by atoms with Crippen LogP contribution in [0.5, 0.6) is 0 Å². The third-order valence-electron chi connectivity index (χ3n) is 11.0. The SMILES string of the molecule is CC1(C)c2cc(N(c3ccc(-c4ccccc4)cc3)c3cc(-c4ccccc4)cc(-c4ccccc4)c3)ccc2-c2c1ccc1c2oc2ccccc21. The average Bonchev–Trinajstić information content (AvgIpc) is 3.71. The molecular formula is C51H37NO. The summed E-state index contributed by atoms with van der Waals surface area (Å²) in [5, 5.41) is 2.32. The van der Waals surface area contributed by atoms with E-state index in [-0.39, 0.29) is 5.41 Å². The van der Waals surface area contributed by atoms with E-state index in [9.17, 15) is 0 Å². The van der Waals surface area contributed by atoms with Gasteiger partial charge in [0, 0.05) is 38.8 Å². The summed E-state index contributed by atoms with van der Waals surface area (Å²) in [5.74, 6) is 0. The van der Waals surface area contributed by atoms with Crippen molar-refractivity contribution in [2.75, 3.05) is 4.90 Å². The van der Waals surface area contributed by atoms with Crippen molar-refractivity contribution in [2.24, 2.45) is 0 Å². The van der Waals surface area contributed by atoms with Crippen LogP contribution >= 0.6 is 0 Å². The zero-order chi connectivity index (χ0) is 35.5. The van der Waals surface area contributed by atoms with Crippen LogP contribution in [-0.2, 0) is 5.41 Å². The summed E-state index contributed by atoms with van der Waals surface area (Å²) in [6, 6.07) is 67.9. The van der Waals surface area contributed by atoms with Crippen molar-refractivity contribution in [3.8, 4) is 44.5 Å². The minimum atomic E-state index is -0.224. The number of hydrogen-bond donors (Lipinski definition) is 0. The van der Waals surface area contributed by atoms with Crippen LogP contribution in [0.25, 0.3) is 66.4 Å². The summed E-state index contributed by atoms with van der Waals surface area (Å²) < 4.78 is 6.61. The number of anilines is 3. The van der Waals surface area contributed by atoms with Crippen molar-refractivity contribution in [1.82, 2.24) is 0 Å². The lowest BCUT2D eigenvalue weighted by atomic mass is 9.82. The molecule has 2 nitrogen and oxygen atoms in total. The first-order valence-electron chi connectivity index (χ1n) is 18.3. The van der Waals surface area contributed by atoms with Crippen molar-refractivity contribution in [2.45, 2.75) is 19.3 Å². The summed E-state index contributed by atoms with van der Waals surface area (Å²) in [5.41, 5.74) is 17.2. The van der Waals surface area contributed by atoms with Crippen LogP contribution in [0.15, 0.2) is 192 Å². The van der Waals surface area contributed by atoms with Crippen molar-refractivity contribution in [1.29, 1.82) is 0 Å². The fourth-order valence-electron chi connectivity index (χ4n) is 8.34. The maximum absolute atomic E-state index is 6.61. The number of benzene rings is 8. The van der Waals surface area contributed by atoms with Gasteiger partial charge in [0.25, 0.3) is 0 Å². The molecule has 9 aromatic rings. The molecule has 2 heteroatoms. The summed E-state index contributed by atoms with van der Waals surface area (Å²) in [4.78, 5) is 2.42. The Balaban J connectivity index is 1.19. The Labute approximate surface area is 310 Å². The Morgan fingerprint density at radius 3 is 1.58 bits per heavy atom. The molecule has 53 heavy (non-hydrogen) atoms. The predicted molar refractivity (Wildman–Crippen MR) is 222 cm³/mol. The summed E-state index contributed by atoms with van der Waals surface area (Å²) in [6.07, 6.45) is 0. The molecule has 0 saturated heterocycles. The van der Waals surface area contributed by atoms with Gasteiger partial charge in [-0.05, 0) is 98.6 Å². The Morgan fingerprint density at radius 2 is 0.943 bits per heavy atom. The monoisotopic (exact) mass is 679 g/mol. The van der Waals surface area contributed by atoms with Crippen molar-refractivity contribution < 1.29 is 4.42 Å². The summed E-state index contributed by atoms with van der Waals surface area (Å²) in [7, 11) is 0. The van der Waals surface area contributed by atoms with Crippen molar-refractivity contribution in [3.05, 3.63) is 199 Å². The highest BCUT2D eigenvalue weighted by atomic mass is 16.3. The molecule has 0 amide bonds. The third-order valence-corrected chi connectivity index (χ3v) is 11.0. The minimum absolute atomic E-state index is 0.224. The fraction of sp³-hybridized carbons (Fsp3) is 0.0588. The van der Waals surface area contributed by atoms with E-state index in [1.54, 1.807) is 0 Å². The first-order valence-corrected chi connectivity index (χ1v) is 18.3. The third kappa shape index (κ3) is 5.18. The number of fused-ring (bicyclic) bond motifs is 7. The zero-order valence-electron chi connectivity index (χ0n) is 29.8. The Hall–Kier alpha value is -6.64. The molecule has 8 aromatic carbocycles. The molecule has 1 aliphatic carbocycles. The average molecular weight is 680 g/mol. The standard InChI is InChI=1S/C51H37NO/c1-51(2)46-29-28-44-43-20-12-13-21-48(43)53-50(44)49(46)45-27-26-41(33-47(45)51)52(40-24-22-37(23-25-40)34-14-6-3-7-15-34)42-31-38(35-16-8-4-9-17-35)30-39(32-42)36-18-10-5-11-19-36/h3-33H,1-2H3. The van der Waals surface area contributed by atoms with Gasteiger partial charge in [0.15, 0.2) is 0 Å². The molecule has 0 unspecified atom stereocenters. The largest absolute Gasteiger partial charge is 0.455 e. The predicted octanol–water partition coefficient (Wildman–Crippen LogP) is 14.4. The second kappa shape index (κ2) is 12.3. The molecule has 0 bridgehead atoms. The second-order valence-corrected chi connectivity index (χ2v) is 14.6. The van der Waals surface area contributed by atoms with Gasteiger partial charge in [0.1, 0.15) is 11.2 Å². The van der Waals surface area contributed by atoms with Crippen LogP contribution in [-0.4, -0.2) is 0 Å². The van der Waals surface area contributed by atoms with Gasteiger partial charge in [-0.25, -0.2) is 0 Å². The molecule has 0 radical (unpaired) electrons. The molecule has 0 spiro atoms. The highest BCUT2D eigenvalue weighted by Gasteiger charge is 2.38. The van der Waals surface area contributed by atoms with Crippen molar-refractivity contribution in [3.63, 3.8) is 0 Å². The Morgan fingerprint density at radius 1 is 0.396 bits per heavy atom. The minimum Gasteiger partial charge on any atom is -0.455 e. The Kier molecular flexibility index (Phi) is 7.19. The molecule has 0 N–H and O–H groups in total. The highest BCUT2D eigenvalue weighted by molar-refractivity contribution is 6.12. The summed E-state index contributed by atoms with van der Waals surface area (Å²) in [6.45, 7) is 4.69. The van der Waals surface area contributed by atoms with Gasteiger partial charge < -0.3 is 9.32 Å². The Bertz CT molecular complexity index is 2720. The van der Waals surface area contributed by atoms with Crippen molar-refractivity contribution >= 4 is 39.0 Å². The van der Waals surface area contributed by atoms with Crippen LogP contribution in [0.1, 0.15) is 25.0 Å². The molecule has 252 valence electrons. The van der Waals surface area contributed by atoms with Crippen LogP contribution in [0.4, 0.5) is 17.1 Å². The molecule has 1 heterocycles.